The molecule has 7 heteroatoms. The molecule has 1 aliphatic rings. The van der Waals surface area contributed by atoms with Crippen molar-refractivity contribution in [2.45, 2.75) is 13.0 Å². The molecule has 0 saturated heterocycles. The van der Waals surface area contributed by atoms with Crippen molar-refractivity contribution in [1.29, 1.82) is 0 Å². The topological polar surface area (TPSA) is 102 Å². The summed E-state index contributed by atoms with van der Waals surface area (Å²) in [5.41, 5.74) is 1.55. The van der Waals surface area contributed by atoms with E-state index in [0.29, 0.717) is 28.3 Å². The van der Waals surface area contributed by atoms with Crippen molar-refractivity contribution in [3.63, 3.8) is 0 Å². The molecule has 0 fully saturated rings. The lowest BCUT2D eigenvalue weighted by molar-refractivity contribution is -0.144. The van der Waals surface area contributed by atoms with Crippen molar-refractivity contribution in [3.05, 3.63) is 59.7 Å². The van der Waals surface area contributed by atoms with Gasteiger partial charge in [0, 0.05) is 5.56 Å². The average Bonchev–Trinajstić information content (AvgIpc) is 2.65. The number of allylic oxidation sites excluding steroid dienone is 1. The Morgan fingerprint density at radius 1 is 1.26 bits per heavy atom. The first-order chi connectivity index (χ1) is 12.9. The van der Waals surface area contributed by atoms with Crippen LogP contribution in [0.25, 0.3) is 6.08 Å². The molecule has 2 aromatic rings. The molecule has 0 spiro atoms. The molecule has 1 heterocycles. The minimum absolute atomic E-state index is 0.0426. The van der Waals surface area contributed by atoms with Gasteiger partial charge in [0.2, 0.25) is 0 Å². The first-order valence-corrected chi connectivity index (χ1v) is 8.21. The number of fused-ring (bicyclic) bond motifs is 1. The minimum Gasteiger partial charge on any atom is -0.482 e. The predicted molar refractivity (Wildman–Crippen MR) is 98.1 cm³/mol. The summed E-state index contributed by atoms with van der Waals surface area (Å²) in [6, 6.07) is 11.6. The van der Waals surface area contributed by atoms with E-state index in [0.717, 1.165) is 0 Å². The summed E-state index contributed by atoms with van der Waals surface area (Å²) in [5.74, 6) is -0.659. The van der Waals surface area contributed by atoms with E-state index in [4.69, 9.17) is 14.6 Å². The molecule has 1 amide bonds. The van der Waals surface area contributed by atoms with Gasteiger partial charge in [-0.3, -0.25) is 9.59 Å². The Hall–Kier alpha value is -3.61. The van der Waals surface area contributed by atoms with Crippen LogP contribution in [0.3, 0.4) is 0 Å². The molecule has 0 bridgehead atoms. The van der Waals surface area contributed by atoms with Gasteiger partial charge in [0.1, 0.15) is 11.5 Å². The molecule has 0 saturated carbocycles. The molecule has 1 aliphatic heterocycles. The van der Waals surface area contributed by atoms with Crippen LogP contribution in [0.2, 0.25) is 0 Å². The third kappa shape index (κ3) is 4.52. The number of carboxylic acids is 1. The highest BCUT2D eigenvalue weighted by molar-refractivity contribution is 6.08. The maximum Gasteiger partial charge on any atom is 0.344 e. The number of hydrogen-bond acceptors (Lipinski definition) is 5. The van der Waals surface area contributed by atoms with E-state index < -0.39 is 12.1 Å². The van der Waals surface area contributed by atoms with E-state index in [-0.39, 0.29) is 18.3 Å². The van der Waals surface area contributed by atoms with Gasteiger partial charge in [-0.2, -0.15) is 0 Å². The van der Waals surface area contributed by atoms with Crippen molar-refractivity contribution in [3.8, 4) is 11.5 Å². The fraction of sp³-hybridized carbons (Fsp3) is 0.150. The van der Waals surface area contributed by atoms with Gasteiger partial charge in [0.25, 0.3) is 5.91 Å². The molecular formula is C20H17NO6. The Morgan fingerprint density at radius 2 is 2.07 bits per heavy atom. The van der Waals surface area contributed by atoms with Crippen molar-refractivity contribution < 1.29 is 29.0 Å². The highest BCUT2D eigenvalue weighted by Gasteiger charge is 2.17. The maximum absolute atomic E-state index is 12.4. The number of nitrogens with one attached hydrogen (secondary N) is 1. The van der Waals surface area contributed by atoms with Crippen molar-refractivity contribution in [1.82, 2.24) is 0 Å². The lowest BCUT2D eigenvalue weighted by Gasteiger charge is -2.17. The molecule has 3 rings (SSSR count). The van der Waals surface area contributed by atoms with E-state index in [1.807, 2.05) is 0 Å². The molecular weight excluding hydrogens is 350 g/mol. The fourth-order valence-corrected chi connectivity index (χ4v) is 2.45. The van der Waals surface area contributed by atoms with Gasteiger partial charge in [-0.1, -0.05) is 18.2 Å². The molecule has 0 aliphatic carbocycles. The second kappa shape index (κ2) is 7.74. The molecule has 2 N–H and O–H groups in total. The second-order valence-electron chi connectivity index (χ2n) is 5.92. The Morgan fingerprint density at radius 3 is 2.85 bits per heavy atom. The minimum atomic E-state index is -1.06. The lowest BCUT2D eigenvalue weighted by atomic mass is 10.1. The normalized spacial score (nSPS) is 14.0. The highest BCUT2D eigenvalue weighted by Crippen LogP contribution is 2.28. The molecule has 2 aromatic carbocycles. The Labute approximate surface area is 155 Å². The van der Waals surface area contributed by atoms with Crippen LogP contribution in [-0.2, 0) is 9.59 Å². The van der Waals surface area contributed by atoms with Gasteiger partial charge in [-0.15, -0.1) is 0 Å². The zero-order chi connectivity index (χ0) is 19.4. The van der Waals surface area contributed by atoms with Crippen molar-refractivity contribution in [2.24, 2.45) is 0 Å². The molecule has 1 atom stereocenters. The number of hydrogen-bond donors (Lipinski definition) is 2. The third-order valence-corrected chi connectivity index (χ3v) is 3.84. The van der Waals surface area contributed by atoms with Crippen LogP contribution >= 0.6 is 0 Å². The molecule has 138 valence electrons. The van der Waals surface area contributed by atoms with Crippen LogP contribution < -0.4 is 14.8 Å². The Kier molecular flexibility index (Phi) is 5.21. The summed E-state index contributed by atoms with van der Waals surface area (Å²) in [6.07, 6.45) is 2.03. The van der Waals surface area contributed by atoms with E-state index in [1.165, 1.54) is 13.0 Å². The molecule has 7 nitrogen and oxygen atoms in total. The van der Waals surface area contributed by atoms with Crippen LogP contribution in [0.1, 0.15) is 22.8 Å². The predicted octanol–water partition coefficient (Wildman–Crippen LogP) is 2.77. The number of carboxylic acid groups (broad SMARTS) is 1. The maximum atomic E-state index is 12.4. The largest absolute Gasteiger partial charge is 0.482 e. The zero-order valence-corrected chi connectivity index (χ0v) is 14.5. The number of ether oxygens (including phenoxy) is 2. The van der Waals surface area contributed by atoms with Crippen molar-refractivity contribution in [2.75, 3.05) is 11.9 Å². The van der Waals surface area contributed by atoms with Gasteiger partial charge >= 0.3 is 5.97 Å². The van der Waals surface area contributed by atoms with Crippen LogP contribution in [0.15, 0.2) is 48.5 Å². The number of aliphatic carboxylic acids is 1. The van der Waals surface area contributed by atoms with Gasteiger partial charge < -0.3 is 19.9 Å². The van der Waals surface area contributed by atoms with Crippen molar-refractivity contribution >= 4 is 29.4 Å². The first-order valence-electron chi connectivity index (χ1n) is 8.21. The quantitative estimate of drug-likeness (QED) is 0.601. The van der Waals surface area contributed by atoms with E-state index in [2.05, 4.69) is 5.32 Å². The van der Waals surface area contributed by atoms with E-state index in [1.54, 1.807) is 48.5 Å². The molecule has 27 heavy (non-hydrogen) atoms. The van der Waals surface area contributed by atoms with Gasteiger partial charge in [-0.25, -0.2) is 4.79 Å². The van der Waals surface area contributed by atoms with Gasteiger partial charge in [-0.05, 0) is 48.9 Å². The van der Waals surface area contributed by atoms with Crippen LogP contribution in [0, 0.1) is 0 Å². The van der Waals surface area contributed by atoms with E-state index >= 15 is 0 Å². The standard InChI is InChI=1S/C20H17NO6/c1-12(20(24)25)27-15-4-2-3-13(9-15)5-7-17(22)14-6-8-18-16(10-14)21-19(23)11-26-18/h2-10,12H,11H2,1H3,(H,21,23)(H,24,25)/b7-5-/t12-/m0/s1. The third-order valence-electron chi connectivity index (χ3n) is 3.84. The SMILES string of the molecule is C[C@H](Oc1cccc(/C=C\C(=O)c2ccc3c(c2)NC(=O)CO3)c1)C(=O)O. The van der Waals surface area contributed by atoms with Crippen LogP contribution in [-0.4, -0.2) is 35.5 Å². The monoisotopic (exact) mass is 367 g/mol. The fourth-order valence-electron chi connectivity index (χ4n) is 2.45. The van der Waals surface area contributed by atoms with E-state index in [9.17, 15) is 14.4 Å². The van der Waals surface area contributed by atoms with Gasteiger partial charge in [0.15, 0.2) is 18.5 Å². The summed E-state index contributed by atoms with van der Waals surface area (Å²) in [6.45, 7) is 1.39. The highest BCUT2D eigenvalue weighted by atomic mass is 16.5. The summed E-state index contributed by atoms with van der Waals surface area (Å²) in [5, 5.41) is 11.6. The number of carbonyl (C=O) groups excluding carboxylic acids is 2. The Bertz CT molecular complexity index is 934. The summed E-state index contributed by atoms with van der Waals surface area (Å²) in [4.78, 5) is 34.6. The van der Waals surface area contributed by atoms with Crippen LogP contribution in [0.4, 0.5) is 5.69 Å². The first kappa shape index (κ1) is 18.2. The number of ketones is 1. The number of amides is 1. The number of anilines is 1. The number of benzene rings is 2. The van der Waals surface area contributed by atoms with Gasteiger partial charge in [0.05, 0.1) is 5.69 Å². The summed E-state index contributed by atoms with van der Waals surface area (Å²) >= 11 is 0. The molecule has 0 unspecified atom stereocenters. The molecule has 0 aromatic heterocycles. The van der Waals surface area contributed by atoms with Crippen LogP contribution in [0.5, 0.6) is 11.5 Å². The number of carbonyl (C=O) groups is 3. The lowest BCUT2D eigenvalue weighted by Crippen LogP contribution is -2.25. The zero-order valence-electron chi connectivity index (χ0n) is 14.5. The Balaban J connectivity index is 1.72. The smallest absolute Gasteiger partial charge is 0.344 e. The summed E-state index contributed by atoms with van der Waals surface area (Å²) < 4.78 is 10.6. The second-order valence-corrected chi connectivity index (χ2v) is 5.92. The summed E-state index contributed by atoms with van der Waals surface area (Å²) in [7, 11) is 0. The molecule has 0 radical (unpaired) electrons. The number of rotatable bonds is 6. The average molecular weight is 367 g/mol.